The third-order valence-corrected chi connectivity index (χ3v) is 5.78. The topological polar surface area (TPSA) is 89.8 Å². The van der Waals surface area contributed by atoms with Gasteiger partial charge in [-0.1, -0.05) is 42.5 Å². The van der Waals surface area contributed by atoms with Crippen molar-refractivity contribution in [1.82, 2.24) is 4.90 Å². The van der Waals surface area contributed by atoms with E-state index in [0.717, 1.165) is 16.7 Å². The monoisotopic (exact) mass is 464 g/mol. The standard InChI is InChI=1S/C24H17FN2O5S/c25-21-7-2-1-5-18(21)15-32-20-6-3-4-17(12-20)13-22-23(28)26(24(29)33-22)14-16-8-10-19(11-9-16)27(30)31/h1-13H,14-15H2/b22-13-. The summed E-state index contributed by atoms with van der Waals surface area (Å²) in [6, 6.07) is 19.0. The number of non-ortho nitro benzene ring substituents is 1. The highest BCUT2D eigenvalue weighted by molar-refractivity contribution is 8.18. The molecule has 2 amide bonds. The number of thioether (sulfide) groups is 1. The number of ether oxygens (including phenoxy) is 1. The van der Waals surface area contributed by atoms with E-state index in [9.17, 15) is 24.1 Å². The van der Waals surface area contributed by atoms with E-state index in [-0.39, 0.29) is 29.6 Å². The van der Waals surface area contributed by atoms with Crippen LogP contribution in [0.5, 0.6) is 5.75 Å². The van der Waals surface area contributed by atoms with Gasteiger partial charge in [-0.2, -0.15) is 0 Å². The molecule has 0 aromatic heterocycles. The molecule has 1 saturated heterocycles. The molecule has 0 aliphatic carbocycles. The van der Waals surface area contributed by atoms with Crippen molar-refractivity contribution in [3.05, 3.63) is 110 Å². The molecule has 0 unspecified atom stereocenters. The first-order valence-electron chi connectivity index (χ1n) is 9.86. The molecule has 0 spiro atoms. The summed E-state index contributed by atoms with van der Waals surface area (Å²) >= 11 is 0.822. The summed E-state index contributed by atoms with van der Waals surface area (Å²) in [5, 5.41) is 10.4. The van der Waals surface area contributed by atoms with Crippen LogP contribution in [-0.4, -0.2) is 21.0 Å². The maximum Gasteiger partial charge on any atom is 0.293 e. The highest BCUT2D eigenvalue weighted by atomic mass is 32.2. The number of carbonyl (C=O) groups is 2. The van der Waals surface area contributed by atoms with Gasteiger partial charge in [0.1, 0.15) is 18.2 Å². The van der Waals surface area contributed by atoms with E-state index < -0.39 is 16.1 Å². The largest absolute Gasteiger partial charge is 0.489 e. The summed E-state index contributed by atoms with van der Waals surface area (Å²) in [5.41, 5.74) is 1.62. The second-order valence-electron chi connectivity index (χ2n) is 7.14. The molecule has 0 radical (unpaired) electrons. The van der Waals surface area contributed by atoms with Crippen LogP contribution in [-0.2, 0) is 17.9 Å². The average Bonchev–Trinajstić information content (AvgIpc) is 3.06. The number of nitro groups is 1. The van der Waals surface area contributed by atoms with Gasteiger partial charge >= 0.3 is 0 Å². The van der Waals surface area contributed by atoms with E-state index >= 15 is 0 Å². The maximum absolute atomic E-state index is 13.8. The second kappa shape index (κ2) is 9.66. The number of rotatable bonds is 7. The third kappa shape index (κ3) is 5.27. The van der Waals surface area contributed by atoms with Crippen LogP contribution in [0.15, 0.2) is 77.7 Å². The van der Waals surface area contributed by atoms with Crippen molar-refractivity contribution in [2.75, 3.05) is 0 Å². The number of imide groups is 1. The molecule has 166 valence electrons. The number of hydrogen-bond acceptors (Lipinski definition) is 6. The number of hydrogen-bond donors (Lipinski definition) is 0. The van der Waals surface area contributed by atoms with E-state index in [2.05, 4.69) is 0 Å². The summed E-state index contributed by atoms with van der Waals surface area (Å²) < 4.78 is 19.4. The van der Waals surface area contributed by atoms with Gasteiger partial charge in [0.15, 0.2) is 0 Å². The van der Waals surface area contributed by atoms with Gasteiger partial charge in [-0.05, 0) is 47.2 Å². The predicted octanol–water partition coefficient (Wildman–Crippen LogP) is 5.55. The molecule has 4 rings (SSSR count). The molecule has 0 bridgehead atoms. The van der Waals surface area contributed by atoms with Crippen LogP contribution in [0, 0.1) is 15.9 Å². The van der Waals surface area contributed by atoms with Crippen molar-refractivity contribution in [2.24, 2.45) is 0 Å². The molecule has 7 nitrogen and oxygen atoms in total. The minimum atomic E-state index is -0.513. The molecule has 0 atom stereocenters. The van der Waals surface area contributed by atoms with Crippen LogP contribution in [0.2, 0.25) is 0 Å². The summed E-state index contributed by atoms with van der Waals surface area (Å²) in [6.45, 7) is 0.0771. The fraction of sp³-hybridized carbons (Fsp3) is 0.0833. The van der Waals surface area contributed by atoms with Gasteiger partial charge in [0.05, 0.1) is 16.4 Å². The summed E-state index contributed by atoms with van der Waals surface area (Å²) in [4.78, 5) is 36.8. The van der Waals surface area contributed by atoms with Gasteiger partial charge in [-0.25, -0.2) is 4.39 Å². The zero-order valence-corrected chi connectivity index (χ0v) is 18.0. The van der Waals surface area contributed by atoms with E-state index in [4.69, 9.17) is 4.74 Å². The molecule has 0 saturated carbocycles. The first kappa shape index (κ1) is 22.2. The van der Waals surface area contributed by atoms with Crippen molar-refractivity contribution in [3.63, 3.8) is 0 Å². The Labute approximate surface area is 192 Å². The molecular formula is C24H17FN2O5S. The summed E-state index contributed by atoms with van der Waals surface area (Å²) in [7, 11) is 0. The lowest BCUT2D eigenvalue weighted by Gasteiger charge is -2.12. The first-order chi connectivity index (χ1) is 15.9. The lowest BCUT2D eigenvalue weighted by molar-refractivity contribution is -0.384. The van der Waals surface area contributed by atoms with E-state index in [1.165, 1.54) is 30.3 Å². The fourth-order valence-electron chi connectivity index (χ4n) is 3.16. The number of amides is 2. The number of nitro benzene ring substituents is 1. The lowest BCUT2D eigenvalue weighted by atomic mass is 10.1. The Morgan fingerprint density at radius 1 is 1.03 bits per heavy atom. The Morgan fingerprint density at radius 2 is 1.79 bits per heavy atom. The summed E-state index contributed by atoms with van der Waals surface area (Å²) in [5.74, 6) is -0.298. The molecule has 9 heteroatoms. The smallest absolute Gasteiger partial charge is 0.293 e. The van der Waals surface area contributed by atoms with Crippen LogP contribution >= 0.6 is 11.8 Å². The number of carbonyl (C=O) groups excluding carboxylic acids is 2. The predicted molar refractivity (Wildman–Crippen MR) is 122 cm³/mol. The lowest BCUT2D eigenvalue weighted by Crippen LogP contribution is -2.27. The first-order valence-corrected chi connectivity index (χ1v) is 10.7. The summed E-state index contributed by atoms with van der Waals surface area (Å²) in [6.07, 6.45) is 1.59. The number of benzene rings is 3. The Morgan fingerprint density at radius 3 is 2.52 bits per heavy atom. The van der Waals surface area contributed by atoms with E-state index in [1.54, 1.807) is 48.5 Å². The fourth-order valence-corrected chi connectivity index (χ4v) is 4.00. The van der Waals surface area contributed by atoms with Gasteiger partial charge < -0.3 is 4.74 Å². The van der Waals surface area contributed by atoms with Gasteiger partial charge in [-0.3, -0.25) is 24.6 Å². The Balaban J connectivity index is 1.45. The third-order valence-electron chi connectivity index (χ3n) is 4.87. The minimum Gasteiger partial charge on any atom is -0.489 e. The maximum atomic E-state index is 13.8. The van der Waals surface area contributed by atoms with E-state index in [0.29, 0.717) is 22.4 Å². The van der Waals surface area contributed by atoms with Crippen molar-refractivity contribution >= 4 is 34.7 Å². The van der Waals surface area contributed by atoms with Crippen molar-refractivity contribution < 1.29 is 23.6 Å². The highest BCUT2D eigenvalue weighted by Crippen LogP contribution is 2.34. The molecule has 0 N–H and O–H groups in total. The number of nitrogens with zero attached hydrogens (tertiary/aromatic N) is 2. The van der Waals surface area contributed by atoms with Crippen molar-refractivity contribution in [1.29, 1.82) is 0 Å². The van der Waals surface area contributed by atoms with E-state index in [1.807, 2.05) is 0 Å². The average molecular weight is 464 g/mol. The molecule has 1 fully saturated rings. The van der Waals surface area contributed by atoms with Gasteiger partial charge in [-0.15, -0.1) is 0 Å². The molecule has 3 aromatic carbocycles. The normalized spacial score (nSPS) is 14.7. The van der Waals surface area contributed by atoms with Crippen LogP contribution in [0.25, 0.3) is 6.08 Å². The molecule has 1 aliphatic heterocycles. The van der Waals surface area contributed by atoms with Crippen LogP contribution in [0.4, 0.5) is 14.9 Å². The highest BCUT2D eigenvalue weighted by Gasteiger charge is 2.35. The zero-order chi connectivity index (χ0) is 23.4. The van der Waals surface area contributed by atoms with Crippen molar-refractivity contribution in [3.8, 4) is 5.75 Å². The van der Waals surface area contributed by atoms with Crippen LogP contribution < -0.4 is 4.74 Å². The van der Waals surface area contributed by atoms with Gasteiger partial charge in [0, 0.05) is 17.7 Å². The van der Waals surface area contributed by atoms with Crippen molar-refractivity contribution in [2.45, 2.75) is 13.2 Å². The molecule has 1 heterocycles. The van der Waals surface area contributed by atoms with Crippen LogP contribution in [0.3, 0.4) is 0 Å². The Bertz CT molecular complexity index is 1260. The molecule has 33 heavy (non-hydrogen) atoms. The van der Waals surface area contributed by atoms with Gasteiger partial charge in [0.25, 0.3) is 16.8 Å². The Kier molecular flexibility index (Phi) is 6.50. The zero-order valence-electron chi connectivity index (χ0n) is 17.1. The van der Waals surface area contributed by atoms with Gasteiger partial charge in [0.2, 0.25) is 0 Å². The molecular weight excluding hydrogens is 447 g/mol. The Hall–Kier alpha value is -3.98. The minimum absolute atomic E-state index is 0.0196. The number of halogens is 1. The SMILES string of the molecule is O=C1S/C(=C\c2cccc(OCc3ccccc3F)c2)C(=O)N1Cc1ccc([N+](=O)[O-])cc1. The molecule has 1 aliphatic rings. The second-order valence-corrected chi connectivity index (χ2v) is 8.14. The quantitative estimate of drug-likeness (QED) is 0.259. The van der Waals surface area contributed by atoms with Crippen LogP contribution in [0.1, 0.15) is 16.7 Å². The molecule has 3 aromatic rings.